The Labute approximate surface area is 184 Å². The van der Waals surface area contributed by atoms with Crippen LogP contribution in [0.2, 0.25) is 0 Å². The van der Waals surface area contributed by atoms with Crippen molar-refractivity contribution in [1.82, 2.24) is 0 Å². The summed E-state index contributed by atoms with van der Waals surface area (Å²) in [6.45, 7) is 0.115. The number of anilines is 1. The second kappa shape index (κ2) is 6.93. The summed E-state index contributed by atoms with van der Waals surface area (Å²) >= 11 is 0. The van der Waals surface area contributed by atoms with Crippen LogP contribution in [-0.2, 0) is 10.4 Å². The van der Waals surface area contributed by atoms with E-state index < -0.39 is 17.4 Å². The average Bonchev–Trinajstić information content (AvgIpc) is 3.39. The van der Waals surface area contributed by atoms with E-state index in [0.717, 1.165) is 5.56 Å². The molecule has 6 nitrogen and oxygen atoms in total. The van der Waals surface area contributed by atoms with Crippen LogP contribution < -0.4 is 14.8 Å². The van der Waals surface area contributed by atoms with Gasteiger partial charge in [-0.3, -0.25) is 9.59 Å². The van der Waals surface area contributed by atoms with E-state index in [-0.39, 0.29) is 30.8 Å². The number of carbonyl (C=O) groups excluding carboxylic acids is 2. The van der Waals surface area contributed by atoms with Gasteiger partial charge in [-0.2, -0.15) is 0 Å². The Bertz CT molecular complexity index is 1240. The number of nitrogens with one attached hydrogen (secondary N) is 1. The van der Waals surface area contributed by atoms with Gasteiger partial charge in [-0.25, -0.2) is 0 Å². The first-order valence-electron chi connectivity index (χ1n) is 10.7. The average molecular weight is 427 g/mol. The van der Waals surface area contributed by atoms with Gasteiger partial charge in [-0.1, -0.05) is 48.5 Å². The summed E-state index contributed by atoms with van der Waals surface area (Å²) in [7, 11) is 0. The Hall–Kier alpha value is -3.64. The topological polar surface area (TPSA) is 84.9 Å². The first-order valence-corrected chi connectivity index (χ1v) is 10.7. The van der Waals surface area contributed by atoms with Gasteiger partial charge >= 0.3 is 0 Å². The number of Topliss-reactive ketones (excluding diaryl/α,β-unsaturated/α-hetero) is 1. The Morgan fingerprint density at radius 3 is 2.50 bits per heavy atom. The lowest BCUT2D eigenvalue weighted by molar-refractivity contribution is -0.129. The van der Waals surface area contributed by atoms with Gasteiger partial charge < -0.3 is 19.9 Å². The van der Waals surface area contributed by atoms with Crippen LogP contribution in [0, 0.1) is 11.8 Å². The molecule has 2 N–H and O–H groups in total. The second-order valence-corrected chi connectivity index (χ2v) is 8.62. The zero-order valence-corrected chi connectivity index (χ0v) is 17.2. The molecule has 2 heterocycles. The lowest BCUT2D eigenvalue weighted by Gasteiger charge is -2.30. The van der Waals surface area contributed by atoms with Gasteiger partial charge in [0, 0.05) is 11.5 Å². The third-order valence-electron chi connectivity index (χ3n) is 6.97. The van der Waals surface area contributed by atoms with Gasteiger partial charge in [0.25, 0.3) is 0 Å². The van der Waals surface area contributed by atoms with E-state index in [0.29, 0.717) is 28.3 Å². The molecule has 3 aromatic rings. The number of amides is 1. The minimum atomic E-state index is -1.55. The normalized spacial score (nSPS) is 28.0. The molecule has 160 valence electrons. The lowest BCUT2D eigenvalue weighted by atomic mass is 9.77. The zero-order chi connectivity index (χ0) is 21.9. The highest BCUT2D eigenvalue weighted by atomic mass is 16.7. The molecule has 0 saturated heterocycles. The molecule has 1 amide bonds. The summed E-state index contributed by atoms with van der Waals surface area (Å²) in [5.41, 5.74) is 0.887. The highest BCUT2D eigenvalue weighted by Gasteiger charge is 2.60. The third kappa shape index (κ3) is 2.69. The Morgan fingerprint density at radius 1 is 0.906 bits per heavy atom. The lowest BCUT2D eigenvalue weighted by Crippen LogP contribution is -2.41. The van der Waals surface area contributed by atoms with E-state index in [4.69, 9.17) is 9.47 Å². The smallest absolute Gasteiger partial charge is 0.231 e. The summed E-state index contributed by atoms with van der Waals surface area (Å²) in [4.78, 5) is 27.3. The highest BCUT2D eigenvalue weighted by molar-refractivity contribution is 6.12. The summed E-state index contributed by atoms with van der Waals surface area (Å²) in [6.07, 6.45) is 0.243. The number of ketones is 1. The fraction of sp³-hybridized carbons (Fsp3) is 0.231. The molecule has 32 heavy (non-hydrogen) atoms. The quantitative estimate of drug-likeness (QED) is 0.649. The first kappa shape index (κ1) is 19.1. The molecule has 3 aliphatic rings. The monoisotopic (exact) mass is 427 g/mol. The molecule has 0 radical (unpaired) electrons. The molecule has 0 unspecified atom stereocenters. The van der Waals surface area contributed by atoms with Gasteiger partial charge in [-0.05, 0) is 47.7 Å². The molecule has 1 fully saturated rings. The van der Waals surface area contributed by atoms with Gasteiger partial charge in [0.15, 0.2) is 17.3 Å². The number of para-hydroxylation sites is 1. The molecule has 6 heteroatoms. The maximum absolute atomic E-state index is 13.8. The predicted molar refractivity (Wildman–Crippen MR) is 117 cm³/mol. The van der Waals surface area contributed by atoms with Gasteiger partial charge in [-0.15, -0.1) is 0 Å². The Kier molecular flexibility index (Phi) is 4.13. The van der Waals surface area contributed by atoms with Crippen molar-refractivity contribution in [2.45, 2.75) is 17.9 Å². The number of aliphatic hydroxyl groups is 1. The number of carbonyl (C=O) groups is 2. The van der Waals surface area contributed by atoms with E-state index in [2.05, 4.69) is 5.32 Å². The fourth-order valence-electron chi connectivity index (χ4n) is 5.52. The first-order chi connectivity index (χ1) is 15.6. The van der Waals surface area contributed by atoms with E-state index in [9.17, 15) is 14.7 Å². The van der Waals surface area contributed by atoms with Crippen molar-refractivity contribution < 1.29 is 24.2 Å². The fourth-order valence-corrected chi connectivity index (χ4v) is 5.52. The van der Waals surface area contributed by atoms with Gasteiger partial charge in [0.2, 0.25) is 12.7 Å². The summed E-state index contributed by atoms with van der Waals surface area (Å²) in [5.74, 6) is -1.33. The van der Waals surface area contributed by atoms with Crippen LogP contribution >= 0.6 is 0 Å². The van der Waals surface area contributed by atoms with Crippen LogP contribution in [0.4, 0.5) is 5.69 Å². The van der Waals surface area contributed by atoms with Crippen LogP contribution in [0.25, 0.3) is 0 Å². The van der Waals surface area contributed by atoms with Crippen LogP contribution in [0.5, 0.6) is 11.5 Å². The van der Waals surface area contributed by atoms with Crippen LogP contribution in [0.15, 0.2) is 72.8 Å². The minimum absolute atomic E-state index is 0.115. The molecule has 4 atom stereocenters. The molecular weight excluding hydrogens is 406 g/mol. The predicted octanol–water partition coefficient (Wildman–Crippen LogP) is 3.86. The van der Waals surface area contributed by atoms with Crippen molar-refractivity contribution in [3.05, 3.63) is 89.5 Å². The number of rotatable bonds is 2. The number of hydrogen-bond acceptors (Lipinski definition) is 5. The van der Waals surface area contributed by atoms with E-state index in [1.54, 1.807) is 42.5 Å². The number of fused-ring (bicyclic) bond motifs is 3. The van der Waals surface area contributed by atoms with Gasteiger partial charge in [0.05, 0.1) is 11.6 Å². The van der Waals surface area contributed by atoms with E-state index in [1.807, 2.05) is 30.3 Å². The maximum atomic E-state index is 13.8. The summed E-state index contributed by atoms with van der Waals surface area (Å²) in [6, 6.07) is 21.9. The maximum Gasteiger partial charge on any atom is 0.231 e. The highest BCUT2D eigenvalue weighted by Crippen LogP contribution is 2.57. The van der Waals surface area contributed by atoms with Crippen molar-refractivity contribution >= 4 is 17.4 Å². The molecule has 3 aromatic carbocycles. The minimum Gasteiger partial charge on any atom is -0.454 e. The summed E-state index contributed by atoms with van der Waals surface area (Å²) < 4.78 is 10.9. The Balaban J connectivity index is 1.54. The third-order valence-corrected chi connectivity index (χ3v) is 6.97. The van der Waals surface area contributed by atoms with Crippen molar-refractivity contribution in [2.75, 3.05) is 12.1 Å². The molecule has 6 rings (SSSR count). The number of hydrogen-bond donors (Lipinski definition) is 2. The van der Waals surface area contributed by atoms with Crippen molar-refractivity contribution in [2.24, 2.45) is 11.8 Å². The number of ether oxygens (including phenoxy) is 2. The van der Waals surface area contributed by atoms with Crippen molar-refractivity contribution in [3.8, 4) is 11.5 Å². The van der Waals surface area contributed by atoms with Crippen LogP contribution in [-0.4, -0.2) is 23.6 Å². The molecule has 1 aliphatic carbocycles. The SMILES string of the molecule is O=C1c2ccccc2NC(=O)[C@H]2[C@H]1[C@@H](c1ccccc1)C[C@]2(O)c1ccc2c(c1)OCO2. The Morgan fingerprint density at radius 2 is 1.66 bits per heavy atom. The number of benzene rings is 3. The molecule has 0 spiro atoms. The molecule has 1 saturated carbocycles. The van der Waals surface area contributed by atoms with Crippen molar-refractivity contribution in [1.29, 1.82) is 0 Å². The van der Waals surface area contributed by atoms with Crippen molar-refractivity contribution in [3.63, 3.8) is 0 Å². The molecule has 2 aliphatic heterocycles. The van der Waals surface area contributed by atoms with Crippen LogP contribution in [0.3, 0.4) is 0 Å². The standard InChI is InChI=1S/C26H21NO5/c28-24-17-8-4-5-9-19(17)27-25(29)23-22(24)18(15-6-2-1-3-7-15)13-26(23,30)16-10-11-20-21(12-16)32-14-31-20/h1-12,18,22-23,30H,13-14H2,(H,27,29)/t18-,22-,23-,26+/m1/s1. The van der Waals surface area contributed by atoms with E-state index in [1.165, 1.54) is 0 Å². The second-order valence-electron chi connectivity index (χ2n) is 8.62. The molecule has 0 bridgehead atoms. The largest absolute Gasteiger partial charge is 0.454 e. The summed E-state index contributed by atoms with van der Waals surface area (Å²) in [5, 5.41) is 15.0. The zero-order valence-electron chi connectivity index (χ0n) is 17.2. The molecular formula is C26H21NO5. The van der Waals surface area contributed by atoms with Gasteiger partial charge in [0.1, 0.15) is 5.60 Å². The van der Waals surface area contributed by atoms with E-state index >= 15 is 0 Å². The molecule has 0 aromatic heterocycles. The van der Waals surface area contributed by atoms with Crippen LogP contribution in [0.1, 0.15) is 33.8 Å².